The summed E-state index contributed by atoms with van der Waals surface area (Å²) in [6, 6.07) is 4.10. The standard InChI is InChI=1S/C12H18N2/c1-10(2)9-12(13)4-3-11-5-7-14-8-6-11/h3-8,10,12H,9,13H2,1-2H3/b4-3+. The minimum Gasteiger partial charge on any atom is -0.324 e. The molecule has 0 amide bonds. The molecule has 0 aliphatic carbocycles. The Morgan fingerprint density at radius 1 is 1.36 bits per heavy atom. The van der Waals surface area contributed by atoms with Crippen LogP contribution in [0.2, 0.25) is 0 Å². The van der Waals surface area contributed by atoms with E-state index in [0.717, 1.165) is 12.0 Å². The van der Waals surface area contributed by atoms with Gasteiger partial charge < -0.3 is 5.73 Å². The Kier molecular flexibility index (Phi) is 4.33. The van der Waals surface area contributed by atoms with Gasteiger partial charge >= 0.3 is 0 Å². The van der Waals surface area contributed by atoms with Crippen molar-refractivity contribution < 1.29 is 0 Å². The Labute approximate surface area is 85.9 Å². The summed E-state index contributed by atoms with van der Waals surface area (Å²) >= 11 is 0. The summed E-state index contributed by atoms with van der Waals surface area (Å²) in [4.78, 5) is 3.96. The van der Waals surface area contributed by atoms with Gasteiger partial charge in [-0.05, 0) is 30.0 Å². The van der Waals surface area contributed by atoms with Crippen LogP contribution in [0.1, 0.15) is 25.8 Å². The summed E-state index contributed by atoms with van der Waals surface area (Å²) in [5.74, 6) is 0.645. The molecule has 0 aliphatic rings. The van der Waals surface area contributed by atoms with E-state index in [1.807, 2.05) is 12.1 Å². The zero-order valence-corrected chi connectivity index (χ0v) is 8.85. The molecule has 0 bridgehead atoms. The Bertz CT molecular complexity index is 278. The van der Waals surface area contributed by atoms with Gasteiger partial charge in [-0.25, -0.2) is 0 Å². The number of rotatable bonds is 4. The molecule has 0 saturated carbocycles. The molecule has 1 unspecified atom stereocenters. The second kappa shape index (κ2) is 5.55. The molecular weight excluding hydrogens is 172 g/mol. The van der Waals surface area contributed by atoms with Crippen molar-refractivity contribution in [2.24, 2.45) is 11.7 Å². The third-order valence-corrected chi connectivity index (χ3v) is 1.99. The first-order valence-corrected chi connectivity index (χ1v) is 5.02. The van der Waals surface area contributed by atoms with Crippen LogP contribution in [-0.2, 0) is 0 Å². The summed E-state index contributed by atoms with van der Waals surface area (Å²) in [7, 11) is 0. The average molecular weight is 190 g/mol. The van der Waals surface area contributed by atoms with Crippen LogP contribution in [0.4, 0.5) is 0 Å². The fourth-order valence-electron chi connectivity index (χ4n) is 1.33. The highest BCUT2D eigenvalue weighted by molar-refractivity contribution is 5.48. The van der Waals surface area contributed by atoms with Gasteiger partial charge in [0.2, 0.25) is 0 Å². The van der Waals surface area contributed by atoms with E-state index in [4.69, 9.17) is 5.73 Å². The van der Waals surface area contributed by atoms with Crippen LogP contribution in [0.3, 0.4) is 0 Å². The molecule has 1 aromatic rings. The lowest BCUT2D eigenvalue weighted by Gasteiger charge is -2.08. The quantitative estimate of drug-likeness (QED) is 0.792. The molecule has 1 atom stereocenters. The highest BCUT2D eigenvalue weighted by Gasteiger charge is 2.00. The summed E-state index contributed by atoms with van der Waals surface area (Å²) in [6.45, 7) is 4.36. The van der Waals surface area contributed by atoms with Crippen molar-refractivity contribution in [2.75, 3.05) is 0 Å². The van der Waals surface area contributed by atoms with Gasteiger partial charge in [-0.3, -0.25) is 4.98 Å². The van der Waals surface area contributed by atoms with Crippen molar-refractivity contribution in [2.45, 2.75) is 26.3 Å². The zero-order chi connectivity index (χ0) is 10.4. The van der Waals surface area contributed by atoms with Crippen LogP contribution in [0.25, 0.3) is 6.08 Å². The molecule has 0 aliphatic heterocycles. The predicted octanol–water partition coefficient (Wildman–Crippen LogP) is 2.47. The Morgan fingerprint density at radius 3 is 2.57 bits per heavy atom. The van der Waals surface area contributed by atoms with Crippen molar-refractivity contribution in [1.82, 2.24) is 4.98 Å². The number of aromatic nitrogens is 1. The van der Waals surface area contributed by atoms with Crippen LogP contribution < -0.4 is 5.73 Å². The van der Waals surface area contributed by atoms with Crippen LogP contribution in [-0.4, -0.2) is 11.0 Å². The van der Waals surface area contributed by atoms with Gasteiger partial charge in [0.05, 0.1) is 0 Å². The van der Waals surface area contributed by atoms with E-state index in [1.54, 1.807) is 12.4 Å². The fourth-order valence-corrected chi connectivity index (χ4v) is 1.33. The Hall–Kier alpha value is -1.15. The van der Waals surface area contributed by atoms with Gasteiger partial charge in [-0.15, -0.1) is 0 Å². The molecule has 2 nitrogen and oxygen atoms in total. The molecule has 0 aromatic carbocycles. The number of hydrogen-bond donors (Lipinski definition) is 1. The molecular formula is C12H18N2. The maximum absolute atomic E-state index is 5.92. The van der Waals surface area contributed by atoms with Crippen molar-refractivity contribution in [1.29, 1.82) is 0 Å². The van der Waals surface area contributed by atoms with Crippen LogP contribution in [0.15, 0.2) is 30.6 Å². The highest BCUT2D eigenvalue weighted by atomic mass is 14.6. The summed E-state index contributed by atoms with van der Waals surface area (Å²) in [6.07, 6.45) is 8.70. The van der Waals surface area contributed by atoms with Gasteiger partial charge in [-0.1, -0.05) is 26.0 Å². The number of hydrogen-bond acceptors (Lipinski definition) is 2. The van der Waals surface area contributed by atoms with Gasteiger partial charge in [0.15, 0.2) is 0 Å². The normalized spacial score (nSPS) is 13.7. The number of pyridine rings is 1. The van der Waals surface area contributed by atoms with E-state index in [9.17, 15) is 0 Å². The maximum atomic E-state index is 5.92. The minimum absolute atomic E-state index is 0.156. The average Bonchev–Trinajstić information content (AvgIpc) is 2.15. The Morgan fingerprint density at radius 2 is 2.00 bits per heavy atom. The second-order valence-electron chi connectivity index (χ2n) is 3.93. The van der Waals surface area contributed by atoms with Crippen molar-refractivity contribution in [3.05, 3.63) is 36.2 Å². The molecule has 1 aromatic heterocycles. The zero-order valence-electron chi connectivity index (χ0n) is 8.85. The van der Waals surface area contributed by atoms with Crippen molar-refractivity contribution in [3.8, 4) is 0 Å². The monoisotopic (exact) mass is 190 g/mol. The van der Waals surface area contributed by atoms with Crippen LogP contribution in [0.5, 0.6) is 0 Å². The van der Waals surface area contributed by atoms with Gasteiger partial charge in [0.1, 0.15) is 0 Å². The molecule has 0 fully saturated rings. The van der Waals surface area contributed by atoms with Crippen LogP contribution in [0, 0.1) is 5.92 Å². The smallest absolute Gasteiger partial charge is 0.0273 e. The number of nitrogens with zero attached hydrogens (tertiary/aromatic N) is 1. The predicted molar refractivity (Wildman–Crippen MR) is 60.7 cm³/mol. The molecule has 1 rings (SSSR count). The molecule has 0 spiro atoms. The lowest BCUT2D eigenvalue weighted by molar-refractivity contribution is 0.547. The summed E-state index contributed by atoms with van der Waals surface area (Å²) < 4.78 is 0. The molecule has 0 saturated heterocycles. The first-order chi connectivity index (χ1) is 6.68. The highest BCUT2D eigenvalue weighted by Crippen LogP contribution is 2.06. The lowest BCUT2D eigenvalue weighted by Crippen LogP contribution is -2.18. The summed E-state index contributed by atoms with van der Waals surface area (Å²) in [5.41, 5.74) is 7.07. The maximum Gasteiger partial charge on any atom is 0.0273 e. The van der Waals surface area contributed by atoms with E-state index in [2.05, 4.69) is 31.0 Å². The lowest BCUT2D eigenvalue weighted by atomic mass is 10.0. The van der Waals surface area contributed by atoms with Gasteiger partial charge in [0.25, 0.3) is 0 Å². The summed E-state index contributed by atoms with van der Waals surface area (Å²) in [5, 5.41) is 0. The molecule has 14 heavy (non-hydrogen) atoms. The topological polar surface area (TPSA) is 38.9 Å². The van der Waals surface area contributed by atoms with E-state index in [-0.39, 0.29) is 6.04 Å². The largest absolute Gasteiger partial charge is 0.324 e. The minimum atomic E-state index is 0.156. The molecule has 76 valence electrons. The molecule has 2 N–H and O–H groups in total. The third kappa shape index (κ3) is 4.19. The van der Waals surface area contributed by atoms with Crippen LogP contribution >= 0.6 is 0 Å². The van der Waals surface area contributed by atoms with E-state index >= 15 is 0 Å². The van der Waals surface area contributed by atoms with E-state index < -0.39 is 0 Å². The fraction of sp³-hybridized carbons (Fsp3) is 0.417. The number of nitrogens with two attached hydrogens (primary N) is 1. The molecule has 1 heterocycles. The van der Waals surface area contributed by atoms with E-state index in [0.29, 0.717) is 5.92 Å². The van der Waals surface area contributed by atoms with Gasteiger partial charge in [-0.2, -0.15) is 0 Å². The third-order valence-electron chi connectivity index (χ3n) is 1.99. The second-order valence-corrected chi connectivity index (χ2v) is 3.93. The van der Waals surface area contributed by atoms with Crippen molar-refractivity contribution >= 4 is 6.08 Å². The SMILES string of the molecule is CC(C)CC(N)/C=C/c1ccncc1. The van der Waals surface area contributed by atoms with Crippen molar-refractivity contribution in [3.63, 3.8) is 0 Å². The molecule has 0 radical (unpaired) electrons. The van der Waals surface area contributed by atoms with Gasteiger partial charge in [0, 0.05) is 18.4 Å². The molecule has 2 heteroatoms. The van der Waals surface area contributed by atoms with E-state index in [1.165, 1.54) is 0 Å². The first kappa shape index (κ1) is 10.9. The Balaban J connectivity index is 2.48. The first-order valence-electron chi connectivity index (χ1n) is 5.02.